The van der Waals surface area contributed by atoms with Crippen molar-refractivity contribution in [1.29, 1.82) is 0 Å². The molecule has 0 saturated carbocycles. The molecule has 0 aromatic heterocycles. The fourth-order valence-corrected chi connectivity index (χ4v) is 2.79. The topological polar surface area (TPSA) is 53.0 Å². The summed E-state index contributed by atoms with van der Waals surface area (Å²) < 4.78 is 6.82. The Balaban J connectivity index is 1.82. The van der Waals surface area contributed by atoms with Crippen LogP contribution in [0.1, 0.15) is 5.56 Å². The van der Waals surface area contributed by atoms with E-state index in [1.54, 1.807) is 4.90 Å². The summed E-state index contributed by atoms with van der Waals surface area (Å²) in [4.78, 5) is 14.8. The van der Waals surface area contributed by atoms with E-state index in [-0.39, 0.29) is 12.6 Å². The molecular weight excluding hydrogens is 336 g/mol. The maximum atomic E-state index is 10.7. The molecule has 2 rings (SSSR count). The van der Waals surface area contributed by atoms with Gasteiger partial charge in [0.15, 0.2) is 0 Å². The number of hydrogen-bond acceptors (Lipinski definition) is 4. The molecule has 0 radical (unpaired) electrons. The van der Waals surface area contributed by atoms with Crippen molar-refractivity contribution in [2.75, 3.05) is 39.8 Å². The smallest absolute Gasteiger partial charge is 0.317 e. The zero-order valence-corrected chi connectivity index (χ0v) is 13.8. The van der Waals surface area contributed by atoms with E-state index in [2.05, 4.69) is 33.0 Å². The lowest BCUT2D eigenvalue weighted by molar-refractivity contribution is -0.138. The summed E-state index contributed by atoms with van der Waals surface area (Å²) in [7, 11) is 1.81. The molecule has 1 fully saturated rings. The molecule has 1 aromatic carbocycles. The number of rotatable bonds is 6. The van der Waals surface area contributed by atoms with Gasteiger partial charge in [0.25, 0.3) is 0 Å². The Bertz CT molecular complexity index is 466. The molecule has 0 spiro atoms. The van der Waals surface area contributed by atoms with Gasteiger partial charge in [0.2, 0.25) is 0 Å². The molecule has 1 unspecified atom stereocenters. The first-order valence-corrected chi connectivity index (χ1v) is 7.81. The summed E-state index contributed by atoms with van der Waals surface area (Å²) in [6.45, 7) is 4.03. The van der Waals surface area contributed by atoms with Crippen molar-refractivity contribution in [1.82, 2.24) is 9.80 Å². The molecule has 5 nitrogen and oxygen atoms in total. The van der Waals surface area contributed by atoms with Gasteiger partial charge in [-0.3, -0.25) is 14.6 Å². The maximum absolute atomic E-state index is 10.7. The quantitative estimate of drug-likeness (QED) is 0.840. The average molecular weight is 357 g/mol. The Morgan fingerprint density at radius 2 is 2.19 bits per heavy atom. The van der Waals surface area contributed by atoms with E-state index >= 15 is 0 Å². The first-order valence-electron chi connectivity index (χ1n) is 7.01. The van der Waals surface area contributed by atoms with Gasteiger partial charge in [-0.05, 0) is 24.7 Å². The van der Waals surface area contributed by atoms with Crippen molar-refractivity contribution < 1.29 is 14.6 Å². The second-order valence-corrected chi connectivity index (χ2v) is 6.36. The van der Waals surface area contributed by atoms with E-state index in [0.29, 0.717) is 13.2 Å². The number of halogens is 1. The number of morpholine rings is 1. The summed E-state index contributed by atoms with van der Waals surface area (Å²) in [5.41, 5.74) is 1.28. The molecule has 116 valence electrons. The minimum Gasteiger partial charge on any atom is -0.480 e. The molecule has 1 atom stereocenters. The Morgan fingerprint density at radius 1 is 1.48 bits per heavy atom. The fraction of sp³-hybridized carbons (Fsp3) is 0.533. The van der Waals surface area contributed by atoms with E-state index in [0.717, 1.165) is 24.1 Å². The van der Waals surface area contributed by atoms with Crippen LogP contribution in [-0.4, -0.2) is 66.8 Å². The fourth-order valence-electron chi connectivity index (χ4n) is 2.53. The van der Waals surface area contributed by atoms with Crippen molar-refractivity contribution >= 4 is 21.9 Å². The summed E-state index contributed by atoms with van der Waals surface area (Å²) >= 11 is 3.44. The monoisotopic (exact) mass is 356 g/mol. The molecule has 1 N–H and O–H groups in total. The van der Waals surface area contributed by atoms with E-state index in [1.807, 2.05) is 19.2 Å². The van der Waals surface area contributed by atoms with Crippen LogP contribution in [0.3, 0.4) is 0 Å². The largest absolute Gasteiger partial charge is 0.480 e. The summed E-state index contributed by atoms with van der Waals surface area (Å²) in [6.07, 6.45) is 0.0681. The van der Waals surface area contributed by atoms with Crippen LogP contribution in [-0.2, 0) is 16.1 Å². The average Bonchev–Trinajstić information content (AvgIpc) is 2.41. The highest BCUT2D eigenvalue weighted by atomic mass is 79.9. The number of ether oxygens (including phenoxy) is 1. The highest BCUT2D eigenvalue weighted by Gasteiger charge is 2.22. The van der Waals surface area contributed by atoms with Crippen molar-refractivity contribution in [2.45, 2.75) is 12.6 Å². The molecule has 21 heavy (non-hydrogen) atoms. The van der Waals surface area contributed by atoms with Crippen molar-refractivity contribution in [3.63, 3.8) is 0 Å². The number of carbonyl (C=O) groups is 1. The number of carboxylic acids is 1. The zero-order valence-electron chi connectivity index (χ0n) is 12.2. The third kappa shape index (κ3) is 5.74. The predicted molar refractivity (Wildman–Crippen MR) is 84.3 cm³/mol. The Morgan fingerprint density at radius 3 is 2.86 bits per heavy atom. The Kier molecular flexibility index (Phi) is 6.17. The molecule has 1 aliphatic heterocycles. The van der Waals surface area contributed by atoms with Crippen molar-refractivity contribution in [3.8, 4) is 0 Å². The molecule has 1 aliphatic rings. The van der Waals surface area contributed by atoms with Crippen LogP contribution in [0.4, 0.5) is 0 Å². The van der Waals surface area contributed by atoms with Crippen LogP contribution in [0, 0.1) is 0 Å². The van der Waals surface area contributed by atoms with Gasteiger partial charge in [-0.15, -0.1) is 0 Å². The highest BCUT2D eigenvalue weighted by molar-refractivity contribution is 9.10. The van der Waals surface area contributed by atoms with Crippen LogP contribution in [0.25, 0.3) is 0 Å². The normalized spacial score (nSPS) is 19.9. The molecule has 1 aromatic rings. The minimum atomic E-state index is -0.806. The first-order chi connectivity index (χ1) is 10.0. The molecule has 1 heterocycles. The number of likely N-dealkylation sites (N-methyl/N-ethyl adjacent to an activating group) is 1. The van der Waals surface area contributed by atoms with Gasteiger partial charge < -0.3 is 9.84 Å². The number of carboxylic acid groups (broad SMARTS) is 1. The van der Waals surface area contributed by atoms with E-state index in [9.17, 15) is 4.79 Å². The Labute approximate surface area is 133 Å². The predicted octanol–water partition coefficient (Wildman–Crippen LogP) is 1.67. The van der Waals surface area contributed by atoms with Crippen LogP contribution >= 0.6 is 15.9 Å². The summed E-state index contributed by atoms with van der Waals surface area (Å²) in [6, 6.07) is 8.33. The first kappa shape index (κ1) is 16.4. The molecule has 0 bridgehead atoms. The maximum Gasteiger partial charge on any atom is 0.317 e. The van der Waals surface area contributed by atoms with Gasteiger partial charge in [-0.25, -0.2) is 0 Å². The standard InChI is InChI=1S/C15H21BrN2O3/c1-17(11-15(19)20)9-14-10-18(6-7-21-14)8-12-2-4-13(16)5-3-12/h2-5,14H,6-11H2,1H3,(H,19,20). The number of benzene rings is 1. The van der Waals surface area contributed by atoms with Crippen LogP contribution in [0.15, 0.2) is 28.7 Å². The molecule has 6 heteroatoms. The third-order valence-corrected chi connectivity index (χ3v) is 3.99. The van der Waals surface area contributed by atoms with Crippen molar-refractivity contribution in [2.24, 2.45) is 0 Å². The summed E-state index contributed by atoms with van der Waals surface area (Å²) in [5.74, 6) is -0.806. The van der Waals surface area contributed by atoms with E-state index in [4.69, 9.17) is 9.84 Å². The number of aliphatic carboxylic acids is 1. The second-order valence-electron chi connectivity index (χ2n) is 5.44. The zero-order chi connectivity index (χ0) is 15.2. The van der Waals surface area contributed by atoms with Gasteiger partial charge in [-0.1, -0.05) is 28.1 Å². The minimum absolute atomic E-state index is 0.0482. The molecule has 0 aliphatic carbocycles. The molecule has 1 saturated heterocycles. The van der Waals surface area contributed by atoms with Gasteiger partial charge >= 0.3 is 5.97 Å². The number of nitrogens with zero attached hydrogens (tertiary/aromatic N) is 2. The van der Waals surface area contributed by atoms with Crippen LogP contribution < -0.4 is 0 Å². The lowest BCUT2D eigenvalue weighted by atomic mass is 10.2. The highest BCUT2D eigenvalue weighted by Crippen LogP contribution is 2.14. The van der Waals surface area contributed by atoms with Gasteiger partial charge in [0.05, 0.1) is 19.3 Å². The van der Waals surface area contributed by atoms with E-state index < -0.39 is 5.97 Å². The number of hydrogen-bond donors (Lipinski definition) is 1. The van der Waals surface area contributed by atoms with Crippen LogP contribution in [0.5, 0.6) is 0 Å². The Hall–Kier alpha value is -0.950. The molecular formula is C15H21BrN2O3. The van der Waals surface area contributed by atoms with Gasteiger partial charge in [0, 0.05) is 30.7 Å². The van der Waals surface area contributed by atoms with Crippen molar-refractivity contribution in [3.05, 3.63) is 34.3 Å². The molecule has 0 amide bonds. The van der Waals surface area contributed by atoms with Crippen LogP contribution in [0.2, 0.25) is 0 Å². The lowest BCUT2D eigenvalue weighted by Gasteiger charge is -2.34. The third-order valence-electron chi connectivity index (χ3n) is 3.46. The van der Waals surface area contributed by atoms with E-state index in [1.165, 1.54) is 5.56 Å². The van der Waals surface area contributed by atoms with Gasteiger partial charge in [0.1, 0.15) is 0 Å². The SMILES string of the molecule is CN(CC(=O)O)CC1CN(Cc2ccc(Br)cc2)CCO1. The van der Waals surface area contributed by atoms with Gasteiger partial charge in [-0.2, -0.15) is 0 Å². The summed E-state index contributed by atoms with van der Waals surface area (Å²) in [5, 5.41) is 8.79. The lowest BCUT2D eigenvalue weighted by Crippen LogP contribution is -2.47. The second kappa shape index (κ2) is 7.89.